The molecule has 0 amide bonds. The van der Waals surface area contributed by atoms with Crippen molar-refractivity contribution in [1.29, 1.82) is 0 Å². The first-order chi connectivity index (χ1) is 13.6. The Morgan fingerprint density at radius 1 is 1.21 bits per heavy atom. The summed E-state index contributed by atoms with van der Waals surface area (Å²) < 4.78 is 16.8. The zero-order valence-corrected chi connectivity index (χ0v) is 15.3. The third-order valence-electron chi connectivity index (χ3n) is 3.93. The maximum Gasteiger partial charge on any atom is 0.345 e. The van der Waals surface area contributed by atoms with Gasteiger partial charge in [0.05, 0.1) is 12.5 Å². The van der Waals surface area contributed by atoms with Gasteiger partial charge in [0, 0.05) is 0 Å². The van der Waals surface area contributed by atoms with E-state index < -0.39 is 11.5 Å². The highest BCUT2D eigenvalue weighted by Crippen LogP contribution is 2.28. The Hall–Kier alpha value is -3.68. The van der Waals surface area contributed by atoms with Gasteiger partial charge in [-0.1, -0.05) is 29.5 Å². The smallest absolute Gasteiger partial charge is 0.345 e. The van der Waals surface area contributed by atoms with Crippen molar-refractivity contribution >= 4 is 16.9 Å². The van der Waals surface area contributed by atoms with Crippen LogP contribution in [0.3, 0.4) is 0 Å². The van der Waals surface area contributed by atoms with Gasteiger partial charge in [-0.25, -0.2) is 4.79 Å². The van der Waals surface area contributed by atoms with Crippen LogP contribution in [0.1, 0.15) is 5.56 Å². The average molecular weight is 381 g/mol. The van der Waals surface area contributed by atoms with E-state index in [0.717, 1.165) is 10.2 Å². The molecule has 3 aromatic rings. The number of rotatable bonds is 8. The lowest BCUT2D eigenvalue weighted by Crippen LogP contribution is -2.27. The lowest BCUT2D eigenvalue weighted by atomic mass is 10.1. The standard InChI is InChI=1S/C20H19N3O5/c1-3-6-14-9-10-17(18(11-14)26-2)27-12-19(24)28-13-23-20(25)15-7-4-5-8-16(15)21-22-23/h3-5,7-11H,1,6,12-13H2,2H3. The summed E-state index contributed by atoms with van der Waals surface area (Å²) >= 11 is 0. The molecule has 0 atom stereocenters. The van der Waals surface area contributed by atoms with Crippen LogP contribution in [0.2, 0.25) is 0 Å². The second-order valence-electron chi connectivity index (χ2n) is 5.82. The number of carbonyl (C=O) groups is 1. The van der Waals surface area contributed by atoms with Crippen LogP contribution in [-0.2, 0) is 22.7 Å². The average Bonchev–Trinajstić information content (AvgIpc) is 2.72. The predicted octanol–water partition coefficient (Wildman–Crippen LogP) is 2.11. The van der Waals surface area contributed by atoms with Gasteiger partial charge >= 0.3 is 5.97 Å². The summed E-state index contributed by atoms with van der Waals surface area (Å²) in [6.07, 6.45) is 2.48. The van der Waals surface area contributed by atoms with Crippen molar-refractivity contribution in [2.75, 3.05) is 13.7 Å². The van der Waals surface area contributed by atoms with Crippen molar-refractivity contribution in [3.8, 4) is 11.5 Å². The molecule has 0 aliphatic rings. The van der Waals surface area contributed by atoms with Crippen LogP contribution in [-0.4, -0.2) is 34.7 Å². The Morgan fingerprint density at radius 3 is 2.82 bits per heavy atom. The number of allylic oxidation sites excluding steroid dienone is 1. The van der Waals surface area contributed by atoms with Gasteiger partial charge in [0.2, 0.25) is 0 Å². The number of esters is 1. The maximum atomic E-state index is 12.3. The molecule has 1 heterocycles. The Bertz CT molecular complexity index is 1060. The second-order valence-corrected chi connectivity index (χ2v) is 5.82. The third-order valence-corrected chi connectivity index (χ3v) is 3.93. The molecular formula is C20H19N3O5. The largest absolute Gasteiger partial charge is 0.493 e. The number of ether oxygens (including phenoxy) is 3. The summed E-state index contributed by atoms with van der Waals surface area (Å²) in [6.45, 7) is 3.00. The van der Waals surface area contributed by atoms with Crippen molar-refractivity contribution in [2.24, 2.45) is 0 Å². The SMILES string of the molecule is C=CCc1ccc(OCC(=O)OCn2nnc3ccccc3c2=O)c(OC)c1. The van der Waals surface area contributed by atoms with E-state index in [1.165, 1.54) is 7.11 Å². The van der Waals surface area contributed by atoms with Crippen molar-refractivity contribution in [2.45, 2.75) is 13.2 Å². The van der Waals surface area contributed by atoms with E-state index in [1.54, 1.807) is 36.4 Å². The van der Waals surface area contributed by atoms with Crippen molar-refractivity contribution in [3.05, 3.63) is 71.0 Å². The van der Waals surface area contributed by atoms with Gasteiger partial charge in [-0.05, 0) is 36.2 Å². The molecule has 8 heteroatoms. The van der Waals surface area contributed by atoms with Gasteiger partial charge in [0.15, 0.2) is 24.8 Å². The van der Waals surface area contributed by atoms with Crippen LogP contribution in [0.4, 0.5) is 0 Å². The zero-order valence-electron chi connectivity index (χ0n) is 15.3. The Kier molecular flexibility index (Phi) is 6.01. The molecule has 0 spiro atoms. The highest BCUT2D eigenvalue weighted by molar-refractivity contribution is 5.76. The van der Waals surface area contributed by atoms with E-state index in [-0.39, 0.29) is 13.3 Å². The van der Waals surface area contributed by atoms with E-state index in [1.807, 2.05) is 12.1 Å². The molecular weight excluding hydrogens is 362 g/mol. The molecule has 3 rings (SSSR count). The monoisotopic (exact) mass is 381 g/mol. The Balaban J connectivity index is 1.60. The zero-order chi connectivity index (χ0) is 19.9. The molecule has 0 fully saturated rings. The third kappa shape index (κ3) is 4.35. The number of benzene rings is 2. The van der Waals surface area contributed by atoms with Gasteiger partial charge in [-0.15, -0.1) is 11.7 Å². The van der Waals surface area contributed by atoms with E-state index in [9.17, 15) is 9.59 Å². The molecule has 0 saturated carbocycles. The van der Waals surface area contributed by atoms with Crippen LogP contribution in [0.15, 0.2) is 59.9 Å². The lowest BCUT2D eigenvalue weighted by Gasteiger charge is -2.12. The van der Waals surface area contributed by atoms with Gasteiger partial charge in [-0.2, -0.15) is 4.68 Å². The van der Waals surface area contributed by atoms with Crippen LogP contribution in [0.5, 0.6) is 11.5 Å². The first kappa shape index (κ1) is 19.1. The molecule has 0 aliphatic carbocycles. The molecule has 0 radical (unpaired) electrons. The quantitative estimate of drug-likeness (QED) is 0.436. The number of hydrogen-bond donors (Lipinski definition) is 0. The molecule has 0 unspecified atom stereocenters. The molecule has 0 N–H and O–H groups in total. The molecule has 2 aromatic carbocycles. The van der Waals surface area contributed by atoms with Crippen molar-refractivity contribution < 1.29 is 19.0 Å². The van der Waals surface area contributed by atoms with E-state index in [0.29, 0.717) is 28.8 Å². The fourth-order valence-electron chi connectivity index (χ4n) is 2.54. The first-order valence-electron chi connectivity index (χ1n) is 8.51. The number of methoxy groups -OCH3 is 1. The second kappa shape index (κ2) is 8.81. The topological polar surface area (TPSA) is 92.5 Å². The summed E-state index contributed by atoms with van der Waals surface area (Å²) in [7, 11) is 1.52. The van der Waals surface area contributed by atoms with Gasteiger partial charge in [0.1, 0.15) is 5.52 Å². The number of hydrogen-bond acceptors (Lipinski definition) is 7. The van der Waals surface area contributed by atoms with Crippen molar-refractivity contribution in [3.63, 3.8) is 0 Å². The van der Waals surface area contributed by atoms with E-state index in [2.05, 4.69) is 16.9 Å². The molecule has 0 bridgehead atoms. The number of fused-ring (bicyclic) bond motifs is 1. The van der Waals surface area contributed by atoms with Gasteiger partial charge < -0.3 is 14.2 Å². The maximum absolute atomic E-state index is 12.3. The molecule has 8 nitrogen and oxygen atoms in total. The number of nitrogens with zero attached hydrogens (tertiary/aromatic N) is 3. The molecule has 28 heavy (non-hydrogen) atoms. The fourth-order valence-corrected chi connectivity index (χ4v) is 2.54. The summed E-state index contributed by atoms with van der Waals surface area (Å²) in [4.78, 5) is 24.3. The summed E-state index contributed by atoms with van der Waals surface area (Å²) in [5, 5.41) is 8.08. The lowest BCUT2D eigenvalue weighted by molar-refractivity contribution is -0.150. The minimum absolute atomic E-state index is 0.340. The highest BCUT2D eigenvalue weighted by Gasteiger charge is 2.11. The minimum Gasteiger partial charge on any atom is -0.493 e. The van der Waals surface area contributed by atoms with Crippen LogP contribution < -0.4 is 15.0 Å². The Morgan fingerprint density at radius 2 is 2.04 bits per heavy atom. The highest BCUT2D eigenvalue weighted by atomic mass is 16.6. The minimum atomic E-state index is -0.654. The van der Waals surface area contributed by atoms with E-state index >= 15 is 0 Å². The fraction of sp³-hybridized carbons (Fsp3) is 0.200. The molecule has 144 valence electrons. The Labute approximate surface area is 161 Å². The molecule has 1 aromatic heterocycles. The van der Waals surface area contributed by atoms with Crippen LogP contribution >= 0.6 is 0 Å². The van der Waals surface area contributed by atoms with Crippen LogP contribution in [0, 0.1) is 0 Å². The van der Waals surface area contributed by atoms with Crippen molar-refractivity contribution in [1.82, 2.24) is 15.0 Å². The van der Waals surface area contributed by atoms with E-state index in [4.69, 9.17) is 14.2 Å². The molecule has 0 saturated heterocycles. The summed E-state index contributed by atoms with van der Waals surface area (Å²) in [6, 6.07) is 12.2. The number of aromatic nitrogens is 3. The number of carbonyl (C=O) groups excluding carboxylic acids is 1. The molecule has 0 aliphatic heterocycles. The van der Waals surface area contributed by atoms with Gasteiger partial charge in [0.25, 0.3) is 5.56 Å². The van der Waals surface area contributed by atoms with Gasteiger partial charge in [-0.3, -0.25) is 4.79 Å². The normalized spacial score (nSPS) is 10.5. The summed E-state index contributed by atoms with van der Waals surface area (Å²) in [5.41, 5.74) is 1.10. The first-order valence-corrected chi connectivity index (χ1v) is 8.51. The summed E-state index contributed by atoms with van der Waals surface area (Å²) in [5.74, 6) is 0.262. The predicted molar refractivity (Wildman–Crippen MR) is 102 cm³/mol. The van der Waals surface area contributed by atoms with Crippen LogP contribution in [0.25, 0.3) is 10.9 Å².